The van der Waals surface area contributed by atoms with Crippen LogP contribution in [0.2, 0.25) is 0 Å². The van der Waals surface area contributed by atoms with E-state index in [-0.39, 0.29) is 11.7 Å². The minimum Gasteiger partial charge on any atom is -0.359 e. The number of anilines is 1. The minimum absolute atomic E-state index is 0.173. The molecule has 0 bridgehead atoms. The predicted octanol–water partition coefficient (Wildman–Crippen LogP) is 2.69. The summed E-state index contributed by atoms with van der Waals surface area (Å²) in [5.74, 6) is -0.514. The molecule has 3 rings (SSSR count). The SMILES string of the molecule is COC1(c2ccc(F)cc2)C(=O)N(C)c2ccccc21. The highest BCUT2D eigenvalue weighted by Crippen LogP contribution is 2.45. The third-order valence-electron chi connectivity index (χ3n) is 3.81. The van der Waals surface area contributed by atoms with Gasteiger partial charge >= 0.3 is 0 Å². The number of rotatable bonds is 2. The molecule has 0 saturated carbocycles. The molecule has 0 aliphatic carbocycles. The lowest BCUT2D eigenvalue weighted by Gasteiger charge is -2.27. The van der Waals surface area contributed by atoms with Gasteiger partial charge in [0.2, 0.25) is 0 Å². The van der Waals surface area contributed by atoms with Crippen molar-refractivity contribution in [2.75, 3.05) is 19.1 Å². The molecule has 1 atom stereocenters. The molecule has 1 unspecified atom stereocenters. The van der Waals surface area contributed by atoms with Gasteiger partial charge in [-0.15, -0.1) is 0 Å². The lowest BCUT2D eigenvalue weighted by molar-refractivity contribution is -0.134. The van der Waals surface area contributed by atoms with Gasteiger partial charge in [-0.25, -0.2) is 4.39 Å². The smallest absolute Gasteiger partial charge is 0.268 e. The highest BCUT2D eigenvalue weighted by Gasteiger charge is 2.51. The Morgan fingerprint density at radius 2 is 1.75 bits per heavy atom. The number of halogens is 1. The fraction of sp³-hybridized carbons (Fsp3) is 0.188. The van der Waals surface area contributed by atoms with Crippen LogP contribution in [0.4, 0.5) is 10.1 Å². The first-order valence-electron chi connectivity index (χ1n) is 6.30. The van der Waals surface area contributed by atoms with Crippen LogP contribution in [0.3, 0.4) is 0 Å². The zero-order valence-corrected chi connectivity index (χ0v) is 11.3. The Morgan fingerprint density at radius 3 is 2.40 bits per heavy atom. The van der Waals surface area contributed by atoms with E-state index in [1.54, 1.807) is 24.1 Å². The third kappa shape index (κ3) is 1.51. The van der Waals surface area contributed by atoms with Crippen molar-refractivity contribution < 1.29 is 13.9 Å². The Hall–Kier alpha value is -2.20. The molecule has 20 heavy (non-hydrogen) atoms. The highest BCUT2D eigenvalue weighted by atomic mass is 19.1. The van der Waals surface area contributed by atoms with Gasteiger partial charge in [-0.1, -0.05) is 30.3 Å². The summed E-state index contributed by atoms with van der Waals surface area (Å²) in [6.07, 6.45) is 0. The summed E-state index contributed by atoms with van der Waals surface area (Å²) in [5.41, 5.74) is 1.02. The Bertz CT molecular complexity index is 668. The lowest BCUT2D eigenvalue weighted by Crippen LogP contribution is -2.41. The van der Waals surface area contributed by atoms with E-state index in [2.05, 4.69) is 0 Å². The van der Waals surface area contributed by atoms with Crippen LogP contribution in [0, 0.1) is 5.82 Å². The van der Waals surface area contributed by atoms with E-state index in [9.17, 15) is 9.18 Å². The van der Waals surface area contributed by atoms with Gasteiger partial charge in [-0.05, 0) is 23.8 Å². The van der Waals surface area contributed by atoms with Crippen LogP contribution >= 0.6 is 0 Å². The monoisotopic (exact) mass is 271 g/mol. The molecule has 102 valence electrons. The maximum atomic E-state index is 13.1. The van der Waals surface area contributed by atoms with Gasteiger partial charge in [0.15, 0.2) is 5.60 Å². The maximum Gasteiger partial charge on any atom is 0.268 e. The van der Waals surface area contributed by atoms with Crippen molar-refractivity contribution in [3.05, 3.63) is 65.5 Å². The first kappa shape index (κ1) is 12.8. The number of likely N-dealkylation sites (N-methyl/N-ethyl adjacent to an activating group) is 1. The number of nitrogens with zero attached hydrogens (tertiary/aromatic N) is 1. The molecule has 0 N–H and O–H groups in total. The number of para-hydroxylation sites is 1. The fourth-order valence-electron chi connectivity index (χ4n) is 2.80. The largest absolute Gasteiger partial charge is 0.359 e. The molecule has 2 aromatic rings. The molecule has 0 fully saturated rings. The molecule has 2 aromatic carbocycles. The van der Waals surface area contributed by atoms with E-state index in [1.165, 1.54) is 19.2 Å². The second kappa shape index (κ2) is 4.42. The molecular weight excluding hydrogens is 257 g/mol. The number of hydrogen-bond acceptors (Lipinski definition) is 2. The number of fused-ring (bicyclic) bond motifs is 1. The Balaban J connectivity index is 2.27. The highest BCUT2D eigenvalue weighted by molar-refractivity contribution is 6.08. The molecule has 0 saturated heterocycles. The topological polar surface area (TPSA) is 29.5 Å². The number of methoxy groups -OCH3 is 1. The Morgan fingerprint density at radius 1 is 1.10 bits per heavy atom. The van der Waals surface area contributed by atoms with Crippen molar-refractivity contribution in [3.63, 3.8) is 0 Å². The predicted molar refractivity (Wildman–Crippen MR) is 74.0 cm³/mol. The van der Waals surface area contributed by atoms with E-state index in [0.29, 0.717) is 5.56 Å². The van der Waals surface area contributed by atoms with E-state index in [1.807, 2.05) is 24.3 Å². The molecule has 1 aliphatic rings. The van der Waals surface area contributed by atoms with E-state index in [0.717, 1.165) is 11.3 Å². The van der Waals surface area contributed by atoms with Crippen LogP contribution < -0.4 is 4.90 Å². The Kier molecular flexibility index (Phi) is 2.83. The first-order chi connectivity index (χ1) is 9.61. The first-order valence-corrected chi connectivity index (χ1v) is 6.30. The van der Waals surface area contributed by atoms with Gasteiger partial charge in [-0.2, -0.15) is 0 Å². The van der Waals surface area contributed by atoms with Crippen LogP contribution in [0.15, 0.2) is 48.5 Å². The quantitative estimate of drug-likeness (QED) is 0.840. The summed E-state index contributed by atoms with van der Waals surface area (Å²) in [6, 6.07) is 13.3. The van der Waals surface area contributed by atoms with E-state index in [4.69, 9.17) is 4.74 Å². The van der Waals surface area contributed by atoms with E-state index < -0.39 is 5.60 Å². The maximum absolute atomic E-state index is 13.1. The molecule has 0 radical (unpaired) electrons. The Labute approximate surface area is 116 Å². The molecule has 3 nitrogen and oxygen atoms in total. The average Bonchev–Trinajstić information content (AvgIpc) is 2.70. The zero-order valence-electron chi connectivity index (χ0n) is 11.3. The fourth-order valence-corrected chi connectivity index (χ4v) is 2.80. The molecule has 0 spiro atoms. The number of amides is 1. The van der Waals surface area contributed by atoms with Gasteiger partial charge in [0.25, 0.3) is 5.91 Å². The van der Waals surface area contributed by atoms with Crippen molar-refractivity contribution in [2.24, 2.45) is 0 Å². The number of carbonyl (C=O) groups excluding carboxylic acids is 1. The number of ether oxygens (including phenoxy) is 1. The van der Waals surface area contributed by atoms with Crippen LogP contribution in [0.1, 0.15) is 11.1 Å². The third-order valence-corrected chi connectivity index (χ3v) is 3.81. The normalized spacial score (nSPS) is 21.1. The number of carbonyl (C=O) groups is 1. The molecule has 1 heterocycles. The van der Waals surface area contributed by atoms with Crippen molar-refractivity contribution in [1.29, 1.82) is 0 Å². The average molecular weight is 271 g/mol. The summed E-state index contributed by atoms with van der Waals surface area (Å²) < 4.78 is 18.8. The summed E-state index contributed by atoms with van der Waals surface area (Å²) in [5, 5.41) is 0. The second-order valence-electron chi connectivity index (χ2n) is 4.77. The van der Waals surface area contributed by atoms with Crippen molar-refractivity contribution in [3.8, 4) is 0 Å². The zero-order chi connectivity index (χ0) is 14.3. The van der Waals surface area contributed by atoms with Gasteiger partial charge in [0, 0.05) is 19.7 Å². The van der Waals surface area contributed by atoms with Crippen molar-refractivity contribution in [2.45, 2.75) is 5.60 Å². The summed E-state index contributed by atoms with van der Waals surface area (Å²) in [7, 11) is 3.21. The van der Waals surface area contributed by atoms with Crippen LogP contribution in [-0.2, 0) is 15.1 Å². The molecule has 1 amide bonds. The molecule has 1 aliphatic heterocycles. The molecule has 0 aromatic heterocycles. The lowest BCUT2D eigenvalue weighted by atomic mass is 9.87. The van der Waals surface area contributed by atoms with E-state index >= 15 is 0 Å². The molecule has 4 heteroatoms. The molecular formula is C16H14FNO2. The van der Waals surface area contributed by atoms with Crippen LogP contribution in [-0.4, -0.2) is 20.1 Å². The van der Waals surface area contributed by atoms with Crippen molar-refractivity contribution >= 4 is 11.6 Å². The standard InChI is InChI=1S/C16H14FNO2/c1-18-14-6-4-3-5-13(14)16(20-2,15(18)19)11-7-9-12(17)10-8-11/h3-10H,1-2H3. The summed E-state index contributed by atoms with van der Waals surface area (Å²) in [4.78, 5) is 14.3. The number of benzene rings is 2. The van der Waals surface area contributed by atoms with Gasteiger partial charge < -0.3 is 9.64 Å². The summed E-state index contributed by atoms with van der Waals surface area (Å²) in [6.45, 7) is 0. The van der Waals surface area contributed by atoms with Crippen LogP contribution in [0.25, 0.3) is 0 Å². The van der Waals surface area contributed by atoms with Crippen LogP contribution in [0.5, 0.6) is 0 Å². The van der Waals surface area contributed by atoms with Gasteiger partial charge in [0.1, 0.15) is 5.82 Å². The minimum atomic E-state index is -1.20. The summed E-state index contributed by atoms with van der Waals surface area (Å²) >= 11 is 0. The van der Waals surface area contributed by atoms with Gasteiger partial charge in [-0.3, -0.25) is 4.79 Å². The van der Waals surface area contributed by atoms with Crippen molar-refractivity contribution in [1.82, 2.24) is 0 Å². The second-order valence-corrected chi connectivity index (χ2v) is 4.77. The van der Waals surface area contributed by atoms with Gasteiger partial charge in [0.05, 0.1) is 5.69 Å². The number of hydrogen-bond donors (Lipinski definition) is 0.